The lowest BCUT2D eigenvalue weighted by Crippen LogP contribution is -2.45. The number of alkyl halides is 3. The molecular weight excluding hydrogens is 419 g/mol. The van der Waals surface area contributed by atoms with Gasteiger partial charge < -0.3 is 10.1 Å². The molecule has 2 aromatic rings. The third kappa shape index (κ3) is 6.24. The van der Waals surface area contributed by atoms with E-state index in [9.17, 15) is 17.6 Å². The van der Waals surface area contributed by atoms with Gasteiger partial charge in [0.25, 0.3) is 0 Å². The molecule has 0 bridgehead atoms. The van der Waals surface area contributed by atoms with Crippen LogP contribution < -0.4 is 10.1 Å². The van der Waals surface area contributed by atoms with E-state index in [4.69, 9.17) is 0 Å². The van der Waals surface area contributed by atoms with Crippen LogP contribution >= 0.6 is 24.8 Å². The molecule has 0 amide bonds. The maximum Gasteiger partial charge on any atom is 0.573 e. The van der Waals surface area contributed by atoms with E-state index in [1.165, 1.54) is 18.2 Å². The second-order valence-corrected chi connectivity index (χ2v) is 6.31. The van der Waals surface area contributed by atoms with Crippen molar-refractivity contribution in [3.8, 4) is 5.75 Å². The fourth-order valence-electron chi connectivity index (χ4n) is 3.19. The van der Waals surface area contributed by atoms with Crippen LogP contribution in [0.25, 0.3) is 0 Å². The van der Waals surface area contributed by atoms with Crippen molar-refractivity contribution in [1.82, 2.24) is 10.2 Å². The molecule has 1 N–H and O–H groups in total. The van der Waals surface area contributed by atoms with Crippen molar-refractivity contribution in [2.75, 3.05) is 26.2 Å². The van der Waals surface area contributed by atoms with Gasteiger partial charge in [0.1, 0.15) is 11.6 Å². The maximum atomic E-state index is 14.1. The van der Waals surface area contributed by atoms with E-state index in [0.717, 1.165) is 37.3 Å². The number of ether oxygens (including phenoxy) is 1. The standard InChI is InChI=1S/C19H20F4N2O.2ClH/c1-13-2-3-15(12-17(13)20)18(25-10-8-24-9-11-25)14-4-6-16(7-5-14)26-19(21,22)23;;/h2-7,12,18,24H,8-11H2,1H3;2*1H/t18-;;/m0../s1. The van der Waals surface area contributed by atoms with Gasteiger partial charge in [-0.3, -0.25) is 4.90 Å². The highest BCUT2D eigenvalue weighted by Crippen LogP contribution is 2.32. The van der Waals surface area contributed by atoms with Gasteiger partial charge in [-0.25, -0.2) is 4.39 Å². The summed E-state index contributed by atoms with van der Waals surface area (Å²) in [6.45, 7) is 4.84. The van der Waals surface area contributed by atoms with Crippen LogP contribution in [0.2, 0.25) is 0 Å². The largest absolute Gasteiger partial charge is 0.573 e. The predicted molar refractivity (Wildman–Crippen MR) is 105 cm³/mol. The van der Waals surface area contributed by atoms with Crippen molar-refractivity contribution in [2.45, 2.75) is 19.3 Å². The molecule has 3 rings (SSSR count). The number of rotatable bonds is 4. The number of nitrogens with zero attached hydrogens (tertiary/aromatic N) is 1. The molecule has 1 heterocycles. The molecule has 0 aliphatic carbocycles. The van der Waals surface area contributed by atoms with Crippen LogP contribution in [0.4, 0.5) is 17.6 Å². The van der Waals surface area contributed by atoms with E-state index in [2.05, 4.69) is 15.0 Å². The predicted octanol–water partition coefficient (Wildman–Crippen LogP) is 4.87. The fourth-order valence-corrected chi connectivity index (χ4v) is 3.19. The number of halogens is 6. The molecule has 0 radical (unpaired) electrons. The van der Waals surface area contributed by atoms with E-state index in [1.54, 1.807) is 25.1 Å². The van der Waals surface area contributed by atoms with E-state index >= 15 is 0 Å². The number of hydrogen-bond acceptors (Lipinski definition) is 3. The first-order chi connectivity index (χ1) is 12.3. The highest BCUT2D eigenvalue weighted by Gasteiger charge is 2.31. The molecule has 0 unspecified atom stereocenters. The Kier molecular flexibility index (Phi) is 9.01. The van der Waals surface area contributed by atoms with Gasteiger partial charge in [-0.1, -0.05) is 24.3 Å². The van der Waals surface area contributed by atoms with Crippen LogP contribution in [0, 0.1) is 12.7 Å². The summed E-state index contributed by atoms with van der Waals surface area (Å²) in [5, 5.41) is 3.27. The molecule has 28 heavy (non-hydrogen) atoms. The van der Waals surface area contributed by atoms with E-state index in [1.807, 2.05) is 6.07 Å². The quantitative estimate of drug-likeness (QED) is 0.686. The van der Waals surface area contributed by atoms with Crippen LogP contribution in [0.1, 0.15) is 22.7 Å². The summed E-state index contributed by atoms with van der Waals surface area (Å²) in [6.07, 6.45) is -4.72. The minimum atomic E-state index is -4.72. The zero-order chi connectivity index (χ0) is 18.7. The molecule has 9 heteroatoms. The van der Waals surface area contributed by atoms with Gasteiger partial charge in [0.15, 0.2) is 0 Å². The summed E-state index contributed by atoms with van der Waals surface area (Å²) in [5.41, 5.74) is 2.13. The molecule has 1 fully saturated rings. The van der Waals surface area contributed by atoms with Crippen molar-refractivity contribution in [1.29, 1.82) is 0 Å². The normalized spacial score (nSPS) is 15.9. The van der Waals surface area contributed by atoms with Crippen molar-refractivity contribution >= 4 is 24.8 Å². The fraction of sp³-hybridized carbons (Fsp3) is 0.368. The zero-order valence-electron chi connectivity index (χ0n) is 15.1. The van der Waals surface area contributed by atoms with Crippen LogP contribution in [0.3, 0.4) is 0 Å². The van der Waals surface area contributed by atoms with E-state index in [-0.39, 0.29) is 42.4 Å². The number of aryl methyl sites for hydroxylation is 1. The molecule has 0 aromatic heterocycles. The first-order valence-electron chi connectivity index (χ1n) is 8.40. The summed E-state index contributed by atoms with van der Waals surface area (Å²) < 4.78 is 55.1. The molecule has 0 saturated carbocycles. The monoisotopic (exact) mass is 440 g/mol. The average molecular weight is 441 g/mol. The first-order valence-corrected chi connectivity index (χ1v) is 8.40. The Morgan fingerprint density at radius 2 is 1.54 bits per heavy atom. The Balaban J connectivity index is 0.00000196. The average Bonchev–Trinajstić information content (AvgIpc) is 2.59. The van der Waals surface area contributed by atoms with Crippen LogP contribution in [0.5, 0.6) is 5.75 Å². The van der Waals surface area contributed by atoms with Crippen molar-refractivity contribution in [3.63, 3.8) is 0 Å². The highest BCUT2D eigenvalue weighted by atomic mass is 35.5. The Bertz CT molecular complexity index is 751. The smallest absolute Gasteiger partial charge is 0.406 e. The van der Waals surface area contributed by atoms with Crippen molar-refractivity contribution in [2.24, 2.45) is 0 Å². The lowest BCUT2D eigenvalue weighted by atomic mass is 9.95. The molecule has 3 nitrogen and oxygen atoms in total. The number of piperazine rings is 1. The van der Waals surface area contributed by atoms with E-state index in [0.29, 0.717) is 5.56 Å². The highest BCUT2D eigenvalue weighted by molar-refractivity contribution is 5.85. The molecule has 1 atom stereocenters. The number of hydrogen-bond donors (Lipinski definition) is 1. The minimum Gasteiger partial charge on any atom is -0.406 e. The van der Waals surface area contributed by atoms with Crippen molar-refractivity contribution < 1.29 is 22.3 Å². The molecule has 1 saturated heterocycles. The number of benzene rings is 2. The summed E-state index contributed by atoms with van der Waals surface area (Å²) in [4.78, 5) is 2.19. The van der Waals surface area contributed by atoms with Crippen LogP contribution in [0.15, 0.2) is 42.5 Å². The molecule has 0 spiro atoms. The first kappa shape index (κ1) is 24.5. The second kappa shape index (κ2) is 10.3. The summed E-state index contributed by atoms with van der Waals surface area (Å²) in [7, 11) is 0. The van der Waals surface area contributed by atoms with Gasteiger partial charge in [0.2, 0.25) is 0 Å². The Labute approximate surface area is 173 Å². The van der Waals surface area contributed by atoms with Gasteiger partial charge >= 0.3 is 6.36 Å². The third-order valence-corrected chi connectivity index (χ3v) is 4.46. The topological polar surface area (TPSA) is 24.5 Å². The van der Waals surface area contributed by atoms with Gasteiger partial charge in [0, 0.05) is 26.2 Å². The zero-order valence-corrected chi connectivity index (χ0v) is 16.8. The Morgan fingerprint density at radius 1 is 0.964 bits per heavy atom. The molecule has 2 aromatic carbocycles. The lowest BCUT2D eigenvalue weighted by Gasteiger charge is -2.35. The van der Waals surface area contributed by atoms with Gasteiger partial charge in [0.05, 0.1) is 6.04 Å². The molecule has 1 aliphatic heterocycles. The van der Waals surface area contributed by atoms with Crippen molar-refractivity contribution in [3.05, 3.63) is 65.0 Å². The van der Waals surface area contributed by atoms with Crippen LogP contribution in [-0.2, 0) is 0 Å². The van der Waals surface area contributed by atoms with Gasteiger partial charge in [-0.05, 0) is 41.8 Å². The van der Waals surface area contributed by atoms with Crippen LogP contribution in [-0.4, -0.2) is 37.4 Å². The minimum absolute atomic E-state index is 0. The molecular formula is C19H22Cl2F4N2O. The second-order valence-electron chi connectivity index (χ2n) is 6.31. The third-order valence-electron chi connectivity index (χ3n) is 4.46. The summed E-state index contributed by atoms with van der Waals surface area (Å²) in [5.74, 6) is -0.560. The van der Waals surface area contributed by atoms with Gasteiger partial charge in [-0.15, -0.1) is 38.0 Å². The molecule has 156 valence electrons. The number of nitrogens with one attached hydrogen (secondary N) is 1. The SMILES string of the molecule is Cc1ccc([C@H](c2ccc(OC(F)(F)F)cc2)N2CCNCC2)cc1F.Cl.Cl. The lowest BCUT2D eigenvalue weighted by molar-refractivity contribution is -0.274. The summed E-state index contributed by atoms with van der Waals surface area (Å²) in [6, 6.07) is 10.7. The summed E-state index contributed by atoms with van der Waals surface area (Å²) >= 11 is 0. The van der Waals surface area contributed by atoms with Gasteiger partial charge in [-0.2, -0.15) is 0 Å². The Morgan fingerprint density at radius 3 is 2.07 bits per heavy atom. The maximum absolute atomic E-state index is 14.1. The molecule has 1 aliphatic rings. The van der Waals surface area contributed by atoms with E-state index < -0.39 is 6.36 Å². The Hall–Kier alpha value is -1.54.